The van der Waals surface area contributed by atoms with Crippen LogP contribution in [0.25, 0.3) is 0 Å². The molecule has 0 unspecified atom stereocenters. The number of nitrogens with zero attached hydrogens (tertiary/aromatic N) is 2. The Labute approximate surface area is 34.8 Å². The minimum absolute atomic E-state index is 0.295. The first kappa shape index (κ1) is 5.07. The molecule has 0 heterocycles. The van der Waals surface area contributed by atoms with Crippen LogP contribution in [0.1, 0.15) is 0 Å². The smallest absolute Gasteiger partial charge is 0.255 e. The maximum atomic E-state index is 9.22. The quantitative estimate of drug-likeness (QED) is 0.274. The van der Waals surface area contributed by atoms with Crippen molar-refractivity contribution in [1.82, 2.24) is 0 Å². The van der Waals surface area contributed by atoms with E-state index >= 15 is 0 Å². The van der Waals surface area contributed by atoms with Gasteiger partial charge < -0.3 is 4.84 Å². The molecule has 4 nitrogen and oxygen atoms in total. The van der Waals surface area contributed by atoms with E-state index in [0.29, 0.717) is 6.41 Å². The van der Waals surface area contributed by atoms with Crippen molar-refractivity contribution in [1.29, 1.82) is 0 Å². The zero-order chi connectivity index (χ0) is 4.83. The van der Waals surface area contributed by atoms with Gasteiger partial charge in [-0.05, 0) is 0 Å². The predicted molar refractivity (Wildman–Crippen MR) is 17.9 cm³/mol. The summed E-state index contributed by atoms with van der Waals surface area (Å²) in [4.78, 5) is 13.2. The fourth-order valence-electron chi connectivity index (χ4n) is 0.0664. The van der Waals surface area contributed by atoms with Crippen molar-refractivity contribution in [3.8, 4) is 0 Å². The number of carbonyl (C=O) groups is 1. The van der Waals surface area contributed by atoms with Gasteiger partial charge in [-0.2, -0.15) is 0 Å². The van der Waals surface area contributed by atoms with Crippen molar-refractivity contribution in [2.24, 2.45) is 10.4 Å². The van der Waals surface area contributed by atoms with Crippen LogP contribution >= 0.6 is 0 Å². The molecule has 0 aliphatic heterocycles. The van der Waals surface area contributed by atoms with Crippen LogP contribution in [0, 0.1) is 0 Å². The van der Waals surface area contributed by atoms with Gasteiger partial charge in [0.25, 0.3) is 6.41 Å². The fourth-order valence-corrected chi connectivity index (χ4v) is 0.0664. The second-order valence-corrected chi connectivity index (χ2v) is 0.485. The molecule has 0 aromatic carbocycles. The molecule has 34 valence electrons. The molecule has 6 heavy (non-hydrogen) atoms. The molecule has 0 aliphatic carbocycles. The van der Waals surface area contributed by atoms with Gasteiger partial charge in [-0.15, -0.1) is 0 Å². The summed E-state index contributed by atoms with van der Waals surface area (Å²) >= 11 is 0. The Morgan fingerprint density at radius 1 is 1.83 bits per heavy atom. The molecule has 0 aromatic rings. The molecule has 0 radical (unpaired) electrons. The lowest BCUT2D eigenvalue weighted by Gasteiger charge is -1.72. The minimum Gasteiger partial charge on any atom is -0.383 e. The van der Waals surface area contributed by atoms with E-state index in [1.165, 1.54) is 7.11 Å². The maximum Gasteiger partial charge on any atom is 0.255 e. The van der Waals surface area contributed by atoms with Gasteiger partial charge in [-0.25, -0.2) is 0 Å². The first-order chi connectivity index (χ1) is 2.91. The third kappa shape index (κ3) is 3.07. The van der Waals surface area contributed by atoms with Crippen LogP contribution in [0.5, 0.6) is 0 Å². The summed E-state index contributed by atoms with van der Waals surface area (Å²) in [7, 11) is 1.31. The van der Waals surface area contributed by atoms with Crippen LogP contribution in [0.15, 0.2) is 10.4 Å². The molecule has 1 amide bonds. The van der Waals surface area contributed by atoms with Crippen molar-refractivity contribution in [2.45, 2.75) is 0 Å². The summed E-state index contributed by atoms with van der Waals surface area (Å²) in [5.41, 5.74) is 0. The Bertz CT molecular complexity index is 60.6. The minimum atomic E-state index is 0.295. The summed E-state index contributed by atoms with van der Waals surface area (Å²) in [6.45, 7) is 0. The zero-order valence-electron chi connectivity index (χ0n) is 3.29. The van der Waals surface area contributed by atoms with E-state index in [9.17, 15) is 4.79 Å². The Balaban J connectivity index is 2.94. The van der Waals surface area contributed by atoms with E-state index in [1.807, 2.05) is 0 Å². The Morgan fingerprint density at radius 2 is 2.50 bits per heavy atom. The summed E-state index contributed by atoms with van der Waals surface area (Å²) in [6.07, 6.45) is 0.295. The van der Waals surface area contributed by atoms with Crippen molar-refractivity contribution in [3.05, 3.63) is 0 Å². The van der Waals surface area contributed by atoms with Gasteiger partial charge in [-0.3, -0.25) is 4.79 Å². The summed E-state index contributed by atoms with van der Waals surface area (Å²) in [5.74, 6) is 0. The van der Waals surface area contributed by atoms with Gasteiger partial charge in [0.1, 0.15) is 7.11 Å². The highest BCUT2D eigenvalue weighted by molar-refractivity contribution is 5.45. The molecule has 0 saturated carbocycles. The number of carbonyl (C=O) groups excluding carboxylic acids is 1. The average Bonchev–Trinajstić information content (AvgIpc) is 1.61. The van der Waals surface area contributed by atoms with Crippen LogP contribution in [0.2, 0.25) is 0 Å². The van der Waals surface area contributed by atoms with Gasteiger partial charge in [0.05, 0.1) is 0 Å². The van der Waals surface area contributed by atoms with Crippen LogP contribution in [0.4, 0.5) is 0 Å². The first-order valence-electron chi connectivity index (χ1n) is 1.28. The van der Waals surface area contributed by atoms with Gasteiger partial charge >= 0.3 is 0 Å². The second-order valence-electron chi connectivity index (χ2n) is 0.485. The van der Waals surface area contributed by atoms with E-state index in [4.69, 9.17) is 0 Å². The SMILES string of the molecule is CON=NC=O. The van der Waals surface area contributed by atoms with E-state index in [-0.39, 0.29) is 0 Å². The molecule has 0 spiro atoms. The van der Waals surface area contributed by atoms with E-state index in [0.717, 1.165) is 0 Å². The fraction of sp³-hybridized carbons (Fsp3) is 0.500. The zero-order valence-corrected chi connectivity index (χ0v) is 3.29. The lowest BCUT2D eigenvalue weighted by atomic mass is 11.5. The second kappa shape index (κ2) is 4.07. The monoisotopic (exact) mass is 88.0 g/mol. The molecule has 0 atom stereocenters. The normalized spacial score (nSPS) is 8.83. The Morgan fingerprint density at radius 3 is 2.67 bits per heavy atom. The molecule has 0 rings (SSSR count). The Kier molecular flexibility index (Phi) is 3.44. The highest BCUT2D eigenvalue weighted by atomic mass is 16.6. The van der Waals surface area contributed by atoms with Gasteiger partial charge in [-0.1, -0.05) is 5.11 Å². The summed E-state index contributed by atoms with van der Waals surface area (Å²) < 4.78 is 0. The van der Waals surface area contributed by atoms with Crippen LogP contribution < -0.4 is 0 Å². The van der Waals surface area contributed by atoms with Crippen LogP contribution in [0.3, 0.4) is 0 Å². The third-order valence-electron chi connectivity index (χ3n) is 0.176. The van der Waals surface area contributed by atoms with Gasteiger partial charge in [0, 0.05) is 5.28 Å². The lowest BCUT2D eigenvalue weighted by Crippen LogP contribution is -1.62. The predicted octanol–water partition coefficient (Wildman–Crippen LogP) is 0.156. The summed E-state index contributed by atoms with van der Waals surface area (Å²) in [5, 5.41) is 5.66. The molecule has 0 bridgehead atoms. The Hall–Kier alpha value is -0.930. The van der Waals surface area contributed by atoms with Crippen LogP contribution in [-0.4, -0.2) is 13.5 Å². The van der Waals surface area contributed by atoms with E-state index in [1.54, 1.807) is 0 Å². The van der Waals surface area contributed by atoms with Crippen molar-refractivity contribution in [3.63, 3.8) is 0 Å². The first-order valence-corrected chi connectivity index (χ1v) is 1.28. The molecule has 0 N–H and O–H groups in total. The number of hydrogen-bond donors (Lipinski definition) is 0. The molecule has 4 heteroatoms. The van der Waals surface area contributed by atoms with Gasteiger partial charge in [0.2, 0.25) is 0 Å². The molecule has 0 saturated heterocycles. The molecular formula is C2H4N2O2. The lowest BCUT2D eigenvalue weighted by molar-refractivity contribution is -0.107. The number of amides is 1. The topological polar surface area (TPSA) is 51.0 Å². The van der Waals surface area contributed by atoms with Gasteiger partial charge in [0.15, 0.2) is 0 Å². The molecule has 0 aliphatic rings. The molecule has 0 aromatic heterocycles. The molecule has 0 fully saturated rings. The largest absolute Gasteiger partial charge is 0.383 e. The van der Waals surface area contributed by atoms with Crippen molar-refractivity contribution >= 4 is 6.41 Å². The highest BCUT2D eigenvalue weighted by Gasteiger charge is 1.57. The highest BCUT2D eigenvalue weighted by Crippen LogP contribution is 1.64. The standard InChI is InChI=1S/C2H4N2O2/c1-6-4-3-2-5/h2H,1H3. The van der Waals surface area contributed by atoms with E-state index < -0.39 is 0 Å². The molecular weight excluding hydrogens is 84.0 g/mol. The number of hydrogen-bond acceptors (Lipinski definition) is 3. The van der Waals surface area contributed by atoms with E-state index in [2.05, 4.69) is 15.2 Å². The number of rotatable bonds is 2. The third-order valence-corrected chi connectivity index (χ3v) is 0.176. The van der Waals surface area contributed by atoms with Crippen molar-refractivity contribution in [2.75, 3.05) is 7.11 Å². The maximum absolute atomic E-state index is 9.22. The average molecular weight is 88.1 g/mol. The van der Waals surface area contributed by atoms with Crippen molar-refractivity contribution < 1.29 is 9.63 Å². The van der Waals surface area contributed by atoms with Crippen LogP contribution in [-0.2, 0) is 9.63 Å². The summed E-state index contributed by atoms with van der Waals surface area (Å²) in [6, 6.07) is 0.